The van der Waals surface area contributed by atoms with E-state index in [4.69, 9.17) is 0 Å². The third kappa shape index (κ3) is 2.85. The van der Waals surface area contributed by atoms with Crippen LogP contribution in [-0.2, 0) is 9.53 Å². The number of thioether (sulfide) groups is 1. The summed E-state index contributed by atoms with van der Waals surface area (Å²) in [7, 11) is 0. The largest absolute Gasteiger partial charge is 0.456 e. The number of hydrogen-bond acceptors (Lipinski definition) is 4. The first-order valence-corrected chi connectivity index (χ1v) is 6.63. The molecule has 0 aromatic heterocycles. The van der Waals surface area contributed by atoms with E-state index in [9.17, 15) is 13.6 Å². The van der Waals surface area contributed by atoms with Crippen molar-refractivity contribution in [3.8, 4) is 0 Å². The maximum absolute atomic E-state index is 12.8. The molecule has 2 saturated heterocycles. The van der Waals surface area contributed by atoms with Crippen LogP contribution >= 0.6 is 11.8 Å². The molecule has 0 aliphatic carbocycles. The maximum Gasteiger partial charge on any atom is 0.377 e. The van der Waals surface area contributed by atoms with E-state index in [1.54, 1.807) is 0 Å². The van der Waals surface area contributed by atoms with Crippen LogP contribution in [0.3, 0.4) is 0 Å². The van der Waals surface area contributed by atoms with E-state index >= 15 is 0 Å². The summed E-state index contributed by atoms with van der Waals surface area (Å²) in [4.78, 5) is 10.8. The first-order valence-electron chi connectivity index (χ1n) is 5.48. The van der Waals surface area contributed by atoms with Crippen molar-refractivity contribution in [3.05, 3.63) is 0 Å². The van der Waals surface area contributed by atoms with Crippen molar-refractivity contribution in [2.45, 2.75) is 37.3 Å². The van der Waals surface area contributed by atoms with Gasteiger partial charge in [-0.25, -0.2) is 4.79 Å². The van der Waals surface area contributed by atoms with Gasteiger partial charge in [0.2, 0.25) is 0 Å². The number of cyclic esters (lactones) is 1. The second kappa shape index (κ2) is 4.87. The van der Waals surface area contributed by atoms with Crippen LogP contribution in [0.1, 0.15) is 19.3 Å². The number of nitrogens with one attached hydrogen (secondary N) is 1. The molecule has 0 amide bonds. The highest BCUT2D eigenvalue weighted by molar-refractivity contribution is 7.99. The van der Waals surface area contributed by atoms with Crippen LogP contribution in [-0.4, -0.2) is 42.1 Å². The molecular weight excluding hydrogens is 236 g/mol. The van der Waals surface area contributed by atoms with Gasteiger partial charge in [-0.3, -0.25) is 0 Å². The van der Waals surface area contributed by atoms with Gasteiger partial charge in [0.25, 0.3) is 0 Å². The molecular formula is C10H15F2NO2S. The molecule has 0 radical (unpaired) electrons. The van der Waals surface area contributed by atoms with E-state index in [1.807, 2.05) is 11.8 Å². The zero-order chi connectivity index (χ0) is 11.6. The molecule has 0 saturated carbocycles. The summed E-state index contributed by atoms with van der Waals surface area (Å²) in [5.74, 6) is -2.48. The molecule has 0 aromatic carbocycles. The molecule has 3 nitrogen and oxygen atoms in total. The van der Waals surface area contributed by atoms with Crippen LogP contribution in [0.4, 0.5) is 8.78 Å². The van der Waals surface area contributed by atoms with Crippen molar-refractivity contribution in [1.82, 2.24) is 5.32 Å². The topological polar surface area (TPSA) is 38.3 Å². The second-order valence-corrected chi connectivity index (χ2v) is 5.41. The lowest BCUT2D eigenvalue weighted by Gasteiger charge is -2.23. The Labute approximate surface area is 97.3 Å². The Kier molecular flexibility index (Phi) is 3.69. The average Bonchev–Trinajstić information content (AvgIpc) is 2.52. The summed E-state index contributed by atoms with van der Waals surface area (Å²) in [6.07, 6.45) is 1.07. The molecule has 6 heteroatoms. The highest BCUT2D eigenvalue weighted by Gasteiger charge is 2.50. The van der Waals surface area contributed by atoms with Crippen molar-refractivity contribution < 1.29 is 18.3 Å². The molecule has 2 heterocycles. The first kappa shape index (κ1) is 12.1. The van der Waals surface area contributed by atoms with Crippen molar-refractivity contribution in [1.29, 1.82) is 0 Å². The minimum atomic E-state index is -3.28. The lowest BCUT2D eigenvalue weighted by atomic mass is 10.1. The highest BCUT2D eigenvalue weighted by atomic mass is 32.2. The molecule has 0 aromatic rings. The van der Waals surface area contributed by atoms with E-state index < -0.39 is 24.4 Å². The number of hydrogen-bond donors (Lipinski definition) is 1. The molecule has 2 rings (SSSR count). The Morgan fingerprint density at radius 2 is 2.38 bits per heavy atom. The van der Waals surface area contributed by atoms with E-state index in [0.717, 1.165) is 18.6 Å². The Bertz CT molecular complexity index is 270. The third-order valence-electron chi connectivity index (χ3n) is 2.85. The van der Waals surface area contributed by atoms with Crippen LogP contribution in [0.25, 0.3) is 0 Å². The van der Waals surface area contributed by atoms with Gasteiger partial charge >= 0.3 is 11.9 Å². The zero-order valence-electron chi connectivity index (χ0n) is 8.88. The molecule has 2 unspecified atom stereocenters. The minimum Gasteiger partial charge on any atom is -0.456 e. The first-order chi connectivity index (χ1) is 7.58. The highest BCUT2D eigenvalue weighted by Crippen LogP contribution is 2.30. The normalized spacial score (nSPS) is 33.8. The summed E-state index contributed by atoms with van der Waals surface area (Å²) < 4.78 is 30.3. The SMILES string of the molecule is O=C1OC(CNC2CCCSC2)CC1(F)F. The Balaban J connectivity index is 1.73. The van der Waals surface area contributed by atoms with Crippen LogP contribution in [0.15, 0.2) is 0 Å². The molecule has 1 N–H and O–H groups in total. The van der Waals surface area contributed by atoms with Gasteiger partial charge in [-0.1, -0.05) is 0 Å². The number of esters is 1. The van der Waals surface area contributed by atoms with Crippen molar-refractivity contribution in [2.75, 3.05) is 18.1 Å². The summed E-state index contributed by atoms with van der Waals surface area (Å²) in [5, 5.41) is 3.19. The van der Waals surface area contributed by atoms with E-state index in [2.05, 4.69) is 10.1 Å². The van der Waals surface area contributed by atoms with E-state index in [0.29, 0.717) is 12.6 Å². The Morgan fingerprint density at radius 1 is 1.56 bits per heavy atom. The van der Waals surface area contributed by atoms with Crippen LogP contribution in [0.2, 0.25) is 0 Å². The smallest absolute Gasteiger partial charge is 0.377 e. The van der Waals surface area contributed by atoms with Crippen molar-refractivity contribution >= 4 is 17.7 Å². The van der Waals surface area contributed by atoms with Crippen molar-refractivity contribution in [2.24, 2.45) is 0 Å². The second-order valence-electron chi connectivity index (χ2n) is 4.26. The quantitative estimate of drug-likeness (QED) is 0.770. The molecule has 2 aliphatic rings. The molecule has 2 fully saturated rings. The van der Waals surface area contributed by atoms with E-state index in [1.165, 1.54) is 5.75 Å². The fraction of sp³-hybridized carbons (Fsp3) is 0.900. The summed E-state index contributed by atoms with van der Waals surface area (Å²) in [5.41, 5.74) is 0. The summed E-state index contributed by atoms with van der Waals surface area (Å²) in [6.45, 7) is 0.340. The predicted octanol–water partition coefficient (Wildman–Crippen LogP) is 1.42. The maximum atomic E-state index is 12.8. The predicted molar refractivity (Wildman–Crippen MR) is 57.8 cm³/mol. The molecule has 0 bridgehead atoms. The number of ether oxygens (including phenoxy) is 1. The molecule has 2 atom stereocenters. The van der Waals surface area contributed by atoms with Gasteiger partial charge in [-0.2, -0.15) is 20.5 Å². The van der Waals surface area contributed by atoms with Crippen LogP contribution in [0.5, 0.6) is 0 Å². The standard InChI is InChI=1S/C10H15F2NO2S/c11-10(12)4-8(15-9(10)14)5-13-7-2-1-3-16-6-7/h7-8,13H,1-6H2. The van der Waals surface area contributed by atoms with Crippen LogP contribution in [0, 0.1) is 0 Å². The average molecular weight is 251 g/mol. The Hall–Kier alpha value is -0.360. The lowest BCUT2D eigenvalue weighted by Crippen LogP contribution is -2.38. The third-order valence-corrected chi connectivity index (χ3v) is 4.07. The summed E-state index contributed by atoms with van der Waals surface area (Å²) >= 11 is 1.87. The van der Waals surface area contributed by atoms with Gasteiger partial charge in [-0.15, -0.1) is 0 Å². The number of halogens is 2. The van der Waals surface area contributed by atoms with Gasteiger partial charge in [0.15, 0.2) is 0 Å². The lowest BCUT2D eigenvalue weighted by molar-refractivity contribution is -0.159. The molecule has 0 spiro atoms. The number of carbonyl (C=O) groups excluding carboxylic acids is 1. The molecule has 2 aliphatic heterocycles. The molecule has 16 heavy (non-hydrogen) atoms. The fourth-order valence-electron chi connectivity index (χ4n) is 1.96. The number of rotatable bonds is 3. The van der Waals surface area contributed by atoms with Crippen molar-refractivity contribution in [3.63, 3.8) is 0 Å². The van der Waals surface area contributed by atoms with Gasteiger partial charge in [0.05, 0.1) is 6.42 Å². The number of carbonyl (C=O) groups is 1. The summed E-state index contributed by atoms with van der Waals surface area (Å²) in [6, 6.07) is 0.367. The van der Waals surface area contributed by atoms with Gasteiger partial charge < -0.3 is 10.1 Å². The van der Waals surface area contributed by atoms with Gasteiger partial charge in [0.1, 0.15) is 6.10 Å². The van der Waals surface area contributed by atoms with E-state index in [-0.39, 0.29) is 0 Å². The van der Waals surface area contributed by atoms with Crippen LogP contribution < -0.4 is 5.32 Å². The Morgan fingerprint density at radius 3 is 2.94 bits per heavy atom. The van der Waals surface area contributed by atoms with Gasteiger partial charge in [0, 0.05) is 18.3 Å². The fourth-order valence-corrected chi connectivity index (χ4v) is 3.07. The number of alkyl halides is 2. The van der Waals surface area contributed by atoms with Gasteiger partial charge in [-0.05, 0) is 18.6 Å². The monoisotopic (exact) mass is 251 g/mol. The zero-order valence-corrected chi connectivity index (χ0v) is 9.69. The molecule has 92 valence electrons. The minimum absolute atomic E-state index is 0.340.